The molecule has 0 bridgehead atoms. The quantitative estimate of drug-likeness (QED) is 0.639. The summed E-state index contributed by atoms with van der Waals surface area (Å²) in [5.74, 6) is -3.48. The van der Waals surface area contributed by atoms with Gasteiger partial charge in [-0.1, -0.05) is 12.1 Å². The Balaban J connectivity index is 2.81. The SMILES string of the molecule is [2H]c1c([2H])c(O)c([2H])c(C2([2H])C([2H])([2H])C2([2H])[2H])c1[2H]. The van der Waals surface area contributed by atoms with Gasteiger partial charge in [0.1, 0.15) is 5.75 Å². The first-order valence-corrected chi connectivity index (χ1v) is 2.72. The van der Waals surface area contributed by atoms with Crippen LogP contribution < -0.4 is 0 Å². The highest BCUT2D eigenvalue weighted by atomic mass is 16.3. The Morgan fingerprint density at radius 2 is 2.50 bits per heavy atom. The van der Waals surface area contributed by atoms with E-state index in [1.54, 1.807) is 0 Å². The number of phenols is 1. The molecule has 1 nitrogen and oxygen atoms in total. The van der Waals surface area contributed by atoms with Gasteiger partial charge in [-0.05, 0) is 36.3 Å². The summed E-state index contributed by atoms with van der Waals surface area (Å²) in [7, 11) is 0. The lowest BCUT2D eigenvalue weighted by Crippen LogP contribution is -1.75. The van der Waals surface area contributed by atoms with Crippen LogP contribution in [0.2, 0.25) is 0 Å². The lowest BCUT2D eigenvalue weighted by atomic mass is 10.1. The van der Waals surface area contributed by atoms with E-state index >= 15 is 0 Å². The first-order chi connectivity index (χ1) is 8.43. The van der Waals surface area contributed by atoms with Crippen LogP contribution in [0.25, 0.3) is 0 Å². The van der Waals surface area contributed by atoms with Crippen molar-refractivity contribution >= 4 is 0 Å². The van der Waals surface area contributed by atoms with Crippen molar-refractivity contribution in [2.75, 3.05) is 0 Å². The maximum Gasteiger partial charge on any atom is 0.115 e. The Bertz CT molecular complexity index is 537. The molecule has 52 valence electrons. The fourth-order valence-corrected chi connectivity index (χ4v) is 0.615. The van der Waals surface area contributed by atoms with Gasteiger partial charge in [-0.3, -0.25) is 0 Å². The van der Waals surface area contributed by atoms with Crippen LogP contribution in [-0.2, 0) is 0 Å². The molecule has 1 heteroatoms. The summed E-state index contributed by atoms with van der Waals surface area (Å²) < 4.78 is 67.8. The van der Waals surface area contributed by atoms with E-state index in [-0.39, 0.29) is 0 Å². The molecule has 0 amide bonds. The van der Waals surface area contributed by atoms with Crippen molar-refractivity contribution in [3.8, 4) is 5.75 Å². The van der Waals surface area contributed by atoms with Crippen molar-refractivity contribution in [3.05, 3.63) is 29.7 Å². The minimum atomic E-state index is -2.63. The summed E-state index contributed by atoms with van der Waals surface area (Å²) in [6.45, 7) is 0. The van der Waals surface area contributed by atoms with Crippen LogP contribution in [0, 0.1) is 0 Å². The number of aromatic hydroxyl groups is 1. The number of hydrogen-bond donors (Lipinski definition) is 1. The normalized spacial score (nSPS) is 43.4. The number of phenolic OH excluding ortho intramolecular Hbond substituents is 1. The lowest BCUT2D eigenvalue weighted by molar-refractivity contribution is 0.474. The van der Waals surface area contributed by atoms with E-state index in [0.717, 1.165) is 0 Å². The van der Waals surface area contributed by atoms with Crippen LogP contribution in [0.4, 0.5) is 0 Å². The molecule has 1 aromatic rings. The first kappa shape index (κ1) is 1.60. The van der Waals surface area contributed by atoms with E-state index < -0.39 is 54.1 Å². The van der Waals surface area contributed by atoms with Crippen molar-refractivity contribution in [3.63, 3.8) is 0 Å². The minimum absolute atomic E-state index is 0.694. The Labute approximate surface area is 73.0 Å². The number of benzene rings is 1. The highest BCUT2D eigenvalue weighted by Crippen LogP contribution is 2.40. The zero-order chi connectivity index (χ0) is 15.0. The highest BCUT2D eigenvalue weighted by molar-refractivity contribution is 5.31. The second-order valence-electron chi connectivity index (χ2n) is 1.85. The molecule has 1 aliphatic carbocycles. The fraction of sp³-hybridized carbons (Fsp3) is 0.333. The zero-order valence-corrected chi connectivity index (χ0v) is 4.95. The molecule has 0 unspecified atom stereocenters. The standard InChI is InChI=1S/C9H10O/c10-9-3-1-2-8(6-9)7-4-5-7/h1-3,6-7,10H,4-5H2/i1D,2D,3D,4D2,5D2,6D,7D. The average Bonchev–Trinajstić information content (AvgIpc) is 2.62. The van der Waals surface area contributed by atoms with E-state index in [1.165, 1.54) is 0 Å². The summed E-state index contributed by atoms with van der Waals surface area (Å²) in [6, 6.07) is -3.13. The van der Waals surface area contributed by atoms with E-state index in [0.29, 0.717) is 0 Å². The van der Waals surface area contributed by atoms with E-state index in [9.17, 15) is 5.11 Å². The summed E-state index contributed by atoms with van der Waals surface area (Å²) in [5.41, 5.74) is -0.694. The van der Waals surface area contributed by atoms with Crippen molar-refractivity contribution < 1.29 is 17.4 Å². The van der Waals surface area contributed by atoms with Gasteiger partial charge in [-0.2, -0.15) is 0 Å². The van der Waals surface area contributed by atoms with Crippen LogP contribution in [0.1, 0.15) is 36.5 Å². The maximum atomic E-state index is 9.52. The molecule has 0 aromatic heterocycles. The fourth-order valence-electron chi connectivity index (χ4n) is 0.615. The minimum Gasteiger partial charge on any atom is -0.508 e. The van der Waals surface area contributed by atoms with Gasteiger partial charge in [-0.15, -0.1) is 0 Å². The van der Waals surface area contributed by atoms with Gasteiger partial charge in [0.15, 0.2) is 0 Å². The predicted molar refractivity (Wildman–Crippen MR) is 40.1 cm³/mol. The largest absolute Gasteiger partial charge is 0.508 e. The molecule has 1 fully saturated rings. The van der Waals surface area contributed by atoms with Crippen LogP contribution >= 0.6 is 0 Å². The highest BCUT2D eigenvalue weighted by Gasteiger charge is 2.23. The average molecular weight is 143 g/mol. The van der Waals surface area contributed by atoms with E-state index in [4.69, 9.17) is 12.3 Å². The third-order valence-electron chi connectivity index (χ3n) is 1.11. The van der Waals surface area contributed by atoms with Gasteiger partial charge in [-0.25, -0.2) is 0 Å². The first-order valence-electron chi connectivity index (χ1n) is 7.22. The molecule has 0 radical (unpaired) electrons. The van der Waals surface area contributed by atoms with E-state index in [1.807, 2.05) is 0 Å². The molecule has 0 heterocycles. The summed E-state index contributed by atoms with van der Waals surface area (Å²) in [5, 5.41) is 9.52. The second kappa shape index (κ2) is 2.01. The van der Waals surface area contributed by atoms with Crippen LogP contribution in [0.5, 0.6) is 5.75 Å². The van der Waals surface area contributed by atoms with Crippen LogP contribution in [0.3, 0.4) is 0 Å². The van der Waals surface area contributed by atoms with E-state index in [2.05, 4.69) is 0 Å². The molecular formula is C9H10O. The molecule has 1 aliphatic rings. The summed E-state index contributed by atoms with van der Waals surface area (Å²) in [4.78, 5) is 0. The second-order valence-corrected chi connectivity index (χ2v) is 1.85. The predicted octanol–water partition coefficient (Wildman–Crippen LogP) is 2.27. The van der Waals surface area contributed by atoms with Gasteiger partial charge >= 0.3 is 0 Å². The smallest absolute Gasteiger partial charge is 0.115 e. The Kier molecular flexibility index (Phi) is 0.322. The number of hydrogen-bond acceptors (Lipinski definition) is 1. The molecule has 2 rings (SSSR count). The van der Waals surface area contributed by atoms with Gasteiger partial charge in [0, 0.05) is 6.85 Å². The van der Waals surface area contributed by atoms with Crippen molar-refractivity contribution in [2.45, 2.75) is 18.6 Å². The molecule has 1 N–H and O–H groups in total. The monoisotopic (exact) mass is 143 g/mol. The molecule has 0 atom stereocenters. The molecule has 1 saturated carbocycles. The van der Waals surface area contributed by atoms with Crippen molar-refractivity contribution in [2.24, 2.45) is 0 Å². The molecule has 1 aromatic carbocycles. The molecule has 0 aliphatic heterocycles. The summed E-state index contributed by atoms with van der Waals surface area (Å²) in [6.07, 6.45) is -5.26. The zero-order valence-electron chi connectivity index (χ0n) is 13.9. The van der Waals surface area contributed by atoms with Gasteiger partial charge in [0.25, 0.3) is 0 Å². The van der Waals surface area contributed by atoms with Crippen LogP contribution in [-0.4, -0.2) is 5.11 Å². The van der Waals surface area contributed by atoms with Gasteiger partial charge < -0.3 is 5.11 Å². The Morgan fingerprint density at radius 3 is 3.20 bits per heavy atom. The Morgan fingerprint density at radius 1 is 1.70 bits per heavy atom. The van der Waals surface area contributed by atoms with Crippen molar-refractivity contribution in [1.82, 2.24) is 0 Å². The Hall–Kier alpha value is -0.980. The van der Waals surface area contributed by atoms with Crippen LogP contribution in [0.15, 0.2) is 24.2 Å². The molecule has 0 spiro atoms. The third kappa shape index (κ3) is 0.991. The van der Waals surface area contributed by atoms with Crippen molar-refractivity contribution in [1.29, 1.82) is 0 Å². The van der Waals surface area contributed by atoms with Gasteiger partial charge in [0.05, 0.1) is 5.48 Å². The summed E-state index contributed by atoms with van der Waals surface area (Å²) >= 11 is 0. The van der Waals surface area contributed by atoms with Gasteiger partial charge in [0.2, 0.25) is 0 Å². The molecule has 10 heavy (non-hydrogen) atoms. The molecular weight excluding hydrogens is 124 g/mol. The third-order valence-corrected chi connectivity index (χ3v) is 1.11. The molecule has 0 saturated heterocycles. The maximum absolute atomic E-state index is 9.52. The number of rotatable bonds is 1. The lowest BCUT2D eigenvalue weighted by Gasteiger charge is -1.96. The topological polar surface area (TPSA) is 20.2 Å².